The van der Waals surface area contributed by atoms with Gasteiger partial charge in [0.1, 0.15) is 11.5 Å². The Morgan fingerprint density at radius 1 is 1.11 bits per heavy atom. The standard InChI is InChI=1S/C13H11FN2O2/c14-11-7-5-10(6-8-11)9-15-12-3-1-2-4-13(12)16(17)18/h1-8,15H,9H2. The molecule has 0 bridgehead atoms. The van der Waals surface area contributed by atoms with Crippen LogP contribution in [0.3, 0.4) is 0 Å². The van der Waals surface area contributed by atoms with Gasteiger partial charge in [-0.3, -0.25) is 10.1 Å². The summed E-state index contributed by atoms with van der Waals surface area (Å²) >= 11 is 0. The first-order valence-corrected chi connectivity index (χ1v) is 5.38. The van der Waals surface area contributed by atoms with Gasteiger partial charge in [-0.25, -0.2) is 4.39 Å². The summed E-state index contributed by atoms with van der Waals surface area (Å²) in [7, 11) is 0. The van der Waals surface area contributed by atoms with Crippen LogP contribution in [0, 0.1) is 15.9 Å². The molecule has 0 amide bonds. The van der Waals surface area contributed by atoms with Gasteiger partial charge in [0.2, 0.25) is 0 Å². The van der Waals surface area contributed by atoms with Gasteiger partial charge < -0.3 is 5.32 Å². The minimum absolute atomic E-state index is 0.0274. The zero-order chi connectivity index (χ0) is 13.0. The van der Waals surface area contributed by atoms with Gasteiger partial charge in [-0.1, -0.05) is 24.3 Å². The Hall–Kier alpha value is -2.43. The second-order valence-electron chi connectivity index (χ2n) is 3.75. The van der Waals surface area contributed by atoms with Gasteiger partial charge in [-0.2, -0.15) is 0 Å². The predicted octanol–water partition coefficient (Wildman–Crippen LogP) is 3.35. The van der Waals surface area contributed by atoms with Crippen LogP contribution in [0.25, 0.3) is 0 Å². The third kappa shape index (κ3) is 2.82. The molecule has 0 unspecified atom stereocenters. The number of para-hydroxylation sites is 2. The number of halogens is 1. The van der Waals surface area contributed by atoms with E-state index < -0.39 is 4.92 Å². The molecule has 0 aliphatic carbocycles. The van der Waals surface area contributed by atoms with Crippen molar-refractivity contribution in [3.63, 3.8) is 0 Å². The molecule has 0 saturated carbocycles. The van der Waals surface area contributed by atoms with Crippen molar-refractivity contribution in [1.82, 2.24) is 0 Å². The van der Waals surface area contributed by atoms with E-state index in [-0.39, 0.29) is 11.5 Å². The van der Waals surface area contributed by atoms with Gasteiger partial charge in [0.15, 0.2) is 0 Å². The van der Waals surface area contributed by atoms with Crippen molar-refractivity contribution in [2.24, 2.45) is 0 Å². The van der Waals surface area contributed by atoms with E-state index in [0.29, 0.717) is 12.2 Å². The Morgan fingerprint density at radius 2 is 1.78 bits per heavy atom. The van der Waals surface area contributed by atoms with Gasteiger partial charge in [-0.15, -0.1) is 0 Å². The minimum Gasteiger partial charge on any atom is -0.375 e. The van der Waals surface area contributed by atoms with Crippen LogP contribution in [0.4, 0.5) is 15.8 Å². The second kappa shape index (κ2) is 5.27. The molecule has 0 aromatic heterocycles. The molecule has 1 N–H and O–H groups in total. The maximum Gasteiger partial charge on any atom is 0.292 e. The van der Waals surface area contributed by atoms with Crippen molar-refractivity contribution in [1.29, 1.82) is 0 Å². The first kappa shape index (κ1) is 12.0. The molecule has 0 atom stereocenters. The Labute approximate surface area is 103 Å². The van der Waals surface area contributed by atoms with Crippen molar-refractivity contribution in [2.45, 2.75) is 6.54 Å². The predicted molar refractivity (Wildman–Crippen MR) is 66.8 cm³/mol. The highest BCUT2D eigenvalue weighted by molar-refractivity contribution is 5.61. The first-order chi connectivity index (χ1) is 8.66. The van der Waals surface area contributed by atoms with Crippen molar-refractivity contribution < 1.29 is 9.31 Å². The third-order valence-electron chi connectivity index (χ3n) is 2.50. The molecule has 0 spiro atoms. The molecule has 4 nitrogen and oxygen atoms in total. The van der Waals surface area contributed by atoms with Crippen LogP contribution >= 0.6 is 0 Å². The van der Waals surface area contributed by atoms with Crippen LogP contribution in [0.15, 0.2) is 48.5 Å². The normalized spacial score (nSPS) is 10.1. The zero-order valence-corrected chi connectivity index (χ0v) is 9.47. The summed E-state index contributed by atoms with van der Waals surface area (Å²) in [4.78, 5) is 10.4. The van der Waals surface area contributed by atoms with Crippen molar-refractivity contribution in [3.8, 4) is 0 Å². The summed E-state index contributed by atoms with van der Waals surface area (Å²) in [5.74, 6) is -0.301. The van der Waals surface area contributed by atoms with Crippen molar-refractivity contribution >= 4 is 11.4 Å². The summed E-state index contributed by atoms with van der Waals surface area (Å²) in [5.41, 5.74) is 1.33. The SMILES string of the molecule is O=[N+]([O-])c1ccccc1NCc1ccc(F)cc1. The molecule has 2 aromatic rings. The second-order valence-corrected chi connectivity index (χ2v) is 3.75. The summed E-state index contributed by atoms with van der Waals surface area (Å²) in [6.45, 7) is 0.408. The van der Waals surface area contributed by atoms with Crippen LogP contribution in [0.5, 0.6) is 0 Å². The molecule has 0 saturated heterocycles. The van der Waals surface area contributed by atoms with Crippen LogP contribution in [-0.2, 0) is 6.54 Å². The van der Waals surface area contributed by atoms with Gasteiger partial charge in [0.25, 0.3) is 5.69 Å². The van der Waals surface area contributed by atoms with Gasteiger partial charge in [-0.05, 0) is 23.8 Å². The molecule has 0 aliphatic heterocycles. The molecular weight excluding hydrogens is 235 g/mol. The Kier molecular flexibility index (Phi) is 3.52. The topological polar surface area (TPSA) is 55.2 Å². The largest absolute Gasteiger partial charge is 0.375 e. The van der Waals surface area contributed by atoms with Crippen molar-refractivity contribution in [3.05, 3.63) is 70.0 Å². The third-order valence-corrected chi connectivity index (χ3v) is 2.50. The fourth-order valence-electron chi connectivity index (χ4n) is 1.58. The lowest BCUT2D eigenvalue weighted by atomic mass is 10.2. The van der Waals surface area contributed by atoms with Gasteiger partial charge in [0.05, 0.1) is 4.92 Å². The van der Waals surface area contributed by atoms with E-state index in [1.165, 1.54) is 18.2 Å². The van der Waals surface area contributed by atoms with Gasteiger partial charge in [0, 0.05) is 12.6 Å². The monoisotopic (exact) mass is 246 g/mol. The smallest absolute Gasteiger partial charge is 0.292 e. The van der Waals surface area contributed by atoms with E-state index in [4.69, 9.17) is 0 Å². The van der Waals surface area contributed by atoms with E-state index in [2.05, 4.69) is 5.32 Å². The van der Waals surface area contributed by atoms with E-state index >= 15 is 0 Å². The Bertz CT molecular complexity index is 555. The molecule has 0 aliphatic rings. The first-order valence-electron chi connectivity index (χ1n) is 5.38. The molecule has 5 heteroatoms. The Balaban J connectivity index is 2.10. The van der Waals surface area contributed by atoms with Crippen LogP contribution in [0.1, 0.15) is 5.56 Å². The van der Waals surface area contributed by atoms with Crippen LogP contribution in [-0.4, -0.2) is 4.92 Å². The summed E-state index contributed by atoms with van der Waals surface area (Å²) in [6.07, 6.45) is 0. The Morgan fingerprint density at radius 3 is 2.44 bits per heavy atom. The lowest BCUT2D eigenvalue weighted by molar-refractivity contribution is -0.384. The minimum atomic E-state index is -0.438. The highest BCUT2D eigenvalue weighted by Gasteiger charge is 2.11. The highest BCUT2D eigenvalue weighted by Crippen LogP contribution is 2.23. The summed E-state index contributed by atoms with van der Waals surface area (Å²) in [5, 5.41) is 13.8. The molecular formula is C13H11FN2O2. The molecule has 0 fully saturated rings. The molecule has 0 radical (unpaired) electrons. The quantitative estimate of drug-likeness (QED) is 0.664. The number of hydrogen-bond acceptors (Lipinski definition) is 3. The van der Waals surface area contributed by atoms with Crippen LogP contribution in [0.2, 0.25) is 0 Å². The number of hydrogen-bond donors (Lipinski definition) is 1. The fraction of sp³-hybridized carbons (Fsp3) is 0.0769. The van der Waals surface area contributed by atoms with Gasteiger partial charge >= 0.3 is 0 Å². The summed E-state index contributed by atoms with van der Waals surface area (Å²) in [6, 6.07) is 12.4. The maximum atomic E-state index is 12.7. The van der Waals surface area contributed by atoms with Crippen LogP contribution < -0.4 is 5.32 Å². The molecule has 92 valence electrons. The summed E-state index contributed by atoms with van der Waals surface area (Å²) < 4.78 is 12.7. The molecule has 2 aromatic carbocycles. The number of rotatable bonds is 4. The number of nitrogens with zero attached hydrogens (tertiary/aromatic N) is 1. The lowest BCUT2D eigenvalue weighted by Crippen LogP contribution is -2.02. The average molecular weight is 246 g/mol. The van der Waals surface area contributed by atoms with E-state index in [0.717, 1.165) is 5.56 Å². The number of nitrogens with one attached hydrogen (secondary N) is 1. The number of benzene rings is 2. The van der Waals surface area contributed by atoms with E-state index in [1.807, 2.05) is 0 Å². The fourth-order valence-corrected chi connectivity index (χ4v) is 1.58. The van der Waals surface area contributed by atoms with Crippen molar-refractivity contribution in [2.75, 3.05) is 5.32 Å². The average Bonchev–Trinajstić information content (AvgIpc) is 2.38. The zero-order valence-electron chi connectivity index (χ0n) is 9.47. The highest BCUT2D eigenvalue weighted by atomic mass is 19.1. The molecule has 0 heterocycles. The molecule has 2 rings (SSSR count). The number of anilines is 1. The lowest BCUT2D eigenvalue weighted by Gasteiger charge is -2.06. The van der Waals surface area contributed by atoms with E-state index in [1.54, 1.807) is 30.3 Å². The number of nitro groups is 1. The van der Waals surface area contributed by atoms with E-state index in [9.17, 15) is 14.5 Å². The maximum absolute atomic E-state index is 12.7. The molecule has 18 heavy (non-hydrogen) atoms. The number of nitro benzene ring substituents is 1.